The Balaban J connectivity index is 1.67. The van der Waals surface area contributed by atoms with Crippen LogP contribution in [0.1, 0.15) is 29.7 Å². The highest BCUT2D eigenvalue weighted by atomic mass is 16.6. The van der Waals surface area contributed by atoms with Gasteiger partial charge in [-0.1, -0.05) is 61.5 Å². The molecule has 0 aliphatic carbocycles. The van der Waals surface area contributed by atoms with Crippen molar-refractivity contribution in [2.75, 3.05) is 18.1 Å². The maximum Gasteiger partial charge on any atom is 0.300 e. The molecular weight excluding hydrogens is 418 g/mol. The smallest absolute Gasteiger partial charge is 0.300 e. The first-order valence-corrected chi connectivity index (χ1v) is 10.9. The zero-order valence-corrected chi connectivity index (χ0v) is 18.2. The molecule has 1 saturated heterocycles. The second kappa shape index (κ2) is 8.47. The van der Waals surface area contributed by atoms with E-state index in [-0.39, 0.29) is 11.3 Å². The molecule has 1 N–H and O–H groups in total. The Kier molecular flexibility index (Phi) is 5.34. The highest BCUT2D eigenvalue weighted by molar-refractivity contribution is 6.51. The maximum absolute atomic E-state index is 13.3. The number of amides is 1. The van der Waals surface area contributed by atoms with Crippen molar-refractivity contribution in [1.29, 1.82) is 0 Å². The molecule has 0 radical (unpaired) electrons. The van der Waals surface area contributed by atoms with Crippen molar-refractivity contribution in [3.8, 4) is 11.5 Å². The standard InChI is InChI=1S/C27H23NO5/c1-2-17-8-10-19(11-9-17)25(29)23-24(18-6-4-3-5-7-18)28(27(31)26(23)30)20-12-13-21-22(16-20)33-15-14-32-21/h3-13,16,24,29H,2,14-15H2,1H3/b25-23+. The number of rotatable bonds is 4. The summed E-state index contributed by atoms with van der Waals surface area (Å²) in [6, 6.07) is 21.0. The lowest BCUT2D eigenvalue weighted by molar-refractivity contribution is -0.132. The van der Waals surface area contributed by atoms with Gasteiger partial charge in [-0.25, -0.2) is 0 Å². The molecule has 3 aromatic rings. The second-order valence-corrected chi connectivity index (χ2v) is 7.96. The van der Waals surface area contributed by atoms with Crippen LogP contribution in [0.5, 0.6) is 11.5 Å². The van der Waals surface area contributed by atoms with Gasteiger partial charge in [-0.05, 0) is 29.7 Å². The number of aliphatic hydroxyl groups excluding tert-OH is 1. The van der Waals surface area contributed by atoms with Gasteiger partial charge in [0.2, 0.25) is 0 Å². The Hall–Kier alpha value is -4.06. The van der Waals surface area contributed by atoms with Crippen molar-refractivity contribution in [3.05, 3.63) is 95.1 Å². The number of benzene rings is 3. The lowest BCUT2D eigenvalue weighted by Gasteiger charge is -2.27. The third-order valence-electron chi connectivity index (χ3n) is 6.00. The second-order valence-electron chi connectivity index (χ2n) is 7.96. The van der Waals surface area contributed by atoms with E-state index in [1.165, 1.54) is 4.90 Å². The molecule has 0 bridgehead atoms. The molecule has 166 valence electrons. The molecule has 0 saturated carbocycles. The monoisotopic (exact) mass is 441 g/mol. The first-order chi connectivity index (χ1) is 16.1. The van der Waals surface area contributed by atoms with Crippen LogP contribution in [0, 0.1) is 0 Å². The lowest BCUT2D eigenvalue weighted by atomic mass is 9.94. The molecule has 33 heavy (non-hydrogen) atoms. The Bertz CT molecular complexity index is 1250. The average Bonchev–Trinajstić information content (AvgIpc) is 3.14. The number of hydrogen-bond donors (Lipinski definition) is 1. The molecule has 1 unspecified atom stereocenters. The van der Waals surface area contributed by atoms with Gasteiger partial charge in [-0.2, -0.15) is 0 Å². The average molecular weight is 441 g/mol. The molecule has 1 amide bonds. The summed E-state index contributed by atoms with van der Waals surface area (Å²) in [6.07, 6.45) is 0.861. The van der Waals surface area contributed by atoms with Gasteiger partial charge in [-0.15, -0.1) is 0 Å². The normalized spacial score (nSPS) is 19.1. The van der Waals surface area contributed by atoms with Gasteiger partial charge in [0.05, 0.1) is 11.6 Å². The maximum atomic E-state index is 13.3. The number of aliphatic hydroxyl groups is 1. The minimum atomic E-state index is -0.778. The highest BCUT2D eigenvalue weighted by Crippen LogP contribution is 2.44. The fraction of sp³-hybridized carbons (Fsp3) is 0.185. The summed E-state index contributed by atoms with van der Waals surface area (Å²) >= 11 is 0. The van der Waals surface area contributed by atoms with E-state index in [0.29, 0.717) is 36.0 Å². The van der Waals surface area contributed by atoms with Crippen LogP contribution < -0.4 is 14.4 Å². The molecule has 2 aliphatic heterocycles. The number of hydrogen-bond acceptors (Lipinski definition) is 5. The number of carbonyl (C=O) groups excluding carboxylic acids is 2. The Labute approximate surface area is 191 Å². The molecule has 2 heterocycles. The van der Waals surface area contributed by atoms with Gasteiger partial charge >= 0.3 is 0 Å². The van der Waals surface area contributed by atoms with Crippen molar-refractivity contribution in [2.45, 2.75) is 19.4 Å². The van der Waals surface area contributed by atoms with E-state index in [0.717, 1.165) is 17.5 Å². The van der Waals surface area contributed by atoms with Crippen molar-refractivity contribution in [3.63, 3.8) is 0 Å². The SMILES string of the molecule is CCc1ccc(/C(O)=C2\C(=O)C(=O)N(c3ccc4c(c3)OCCO4)C2c2ccccc2)cc1. The zero-order chi connectivity index (χ0) is 22.9. The summed E-state index contributed by atoms with van der Waals surface area (Å²) in [5.41, 5.74) is 2.88. The minimum absolute atomic E-state index is 0.0605. The number of ether oxygens (including phenoxy) is 2. The topological polar surface area (TPSA) is 76.1 Å². The van der Waals surface area contributed by atoms with Crippen LogP contribution >= 0.6 is 0 Å². The molecule has 6 heteroatoms. The predicted molar refractivity (Wildman–Crippen MR) is 124 cm³/mol. The molecule has 2 aliphatic rings. The summed E-state index contributed by atoms with van der Waals surface area (Å²) in [5.74, 6) is -0.510. The third kappa shape index (κ3) is 3.63. The first kappa shape index (κ1) is 20.8. The molecule has 5 rings (SSSR count). The van der Waals surface area contributed by atoms with Crippen molar-refractivity contribution < 1.29 is 24.2 Å². The van der Waals surface area contributed by atoms with Crippen LogP contribution in [0.25, 0.3) is 5.76 Å². The van der Waals surface area contributed by atoms with Crippen LogP contribution in [0.2, 0.25) is 0 Å². The highest BCUT2D eigenvalue weighted by Gasteiger charge is 2.47. The minimum Gasteiger partial charge on any atom is -0.507 e. The number of ketones is 1. The number of Topliss-reactive ketones (excluding diaryl/α,β-unsaturated/α-hetero) is 1. The van der Waals surface area contributed by atoms with E-state index in [1.807, 2.05) is 49.4 Å². The van der Waals surface area contributed by atoms with Crippen LogP contribution in [-0.2, 0) is 16.0 Å². The van der Waals surface area contributed by atoms with Crippen LogP contribution in [-0.4, -0.2) is 30.0 Å². The summed E-state index contributed by atoms with van der Waals surface area (Å²) in [4.78, 5) is 27.9. The van der Waals surface area contributed by atoms with Gasteiger partial charge in [0.15, 0.2) is 11.5 Å². The van der Waals surface area contributed by atoms with Crippen LogP contribution in [0.3, 0.4) is 0 Å². The molecular formula is C27H23NO5. The summed E-state index contributed by atoms with van der Waals surface area (Å²) in [6.45, 7) is 2.91. The van der Waals surface area contributed by atoms with Gasteiger partial charge < -0.3 is 14.6 Å². The van der Waals surface area contributed by atoms with E-state index in [4.69, 9.17) is 9.47 Å². The van der Waals surface area contributed by atoms with E-state index in [2.05, 4.69) is 0 Å². The number of nitrogens with zero attached hydrogens (tertiary/aromatic N) is 1. The Morgan fingerprint density at radius 3 is 2.33 bits per heavy atom. The fourth-order valence-electron chi connectivity index (χ4n) is 4.29. The van der Waals surface area contributed by atoms with E-state index in [9.17, 15) is 14.7 Å². The van der Waals surface area contributed by atoms with E-state index >= 15 is 0 Å². The summed E-state index contributed by atoms with van der Waals surface area (Å²) < 4.78 is 11.3. The van der Waals surface area contributed by atoms with Crippen molar-refractivity contribution in [2.24, 2.45) is 0 Å². The van der Waals surface area contributed by atoms with Crippen molar-refractivity contribution in [1.82, 2.24) is 0 Å². The first-order valence-electron chi connectivity index (χ1n) is 10.9. The Morgan fingerprint density at radius 2 is 1.64 bits per heavy atom. The molecule has 1 fully saturated rings. The Morgan fingerprint density at radius 1 is 0.939 bits per heavy atom. The van der Waals surface area contributed by atoms with Gasteiger partial charge in [-0.3, -0.25) is 14.5 Å². The van der Waals surface area contributed by atoms with E-state index < -0.39 is 17.7 Å². The third-order valence-corrected chi connectivity index (χ3v) is 6.00. The summed E-state index contributed by atoms with van der Waals surface area (Å²) in [7, 11) is 0. The largest absolute Gasteiger partial charge is 0.507 e. The van der Waals surface area contributed by atoms with Crippen LogP contribution in [0.4, 0.5) is 5.69 Å². The molecule has 0 spiro atoms. The fourth-order valence-corrected chi connectivity index (χ4v) is 4.29. The number of aryl methyl sites for hydroxylation is 1. The molecule has 0 aromatic heterocycles. The number of carbonyl (C=O) groups is 2. The quantitative estimate of drug-likeness (QED) is 0.362. The molecule has 3 aromatic carbocycles. The van der Waals surface area contributed by atoms with E-state index in [1.54, 1.807) is 30.3 Å². The lowest BCUT2D eigenvalue weighted by Crippen LogP contribution is -2.29. The van der Waals surface area contributed by atoms with Gasteiger partial charge in [0.1, 0.15) is 19.0 Å². The number of anilines is 1. The van der Waals surface area contributed by atoms with Gasteiger partial charge in [0, 0.05) is 17.3 Å². The number of fused-ring (bicyclic) bond motifs is 1. The summed E-state index contributed by atoms with van der Waals surface area (Å²) in [5, 5.41) is 11.2. The predicted octanol–water partition coefficient (Wildman–Crippen LogP) is 4.65. The van der Waals surface area contributed by atoms with Gasteiger partial charge in [0.25, 0.3) is 11.7 Å². The van der Waals surface area contributed by atoms with Crippen LogP contribution in [0.15, 0.2) is 78.4 Å². The molecule has 1 atom stereocenters. The zero-order valence-electron chi connectivity index (χ0n) is 18.2. The molecule has 6 nitrogen and oxygen atoms in total. The van der Waals surface area contributed by atoms with Crippen molar-refractivity contribution >= 4 is 23.1 Å².